The Hall–Kier alpha value is -9.56. The smallest absolute Gasteiger partial charge is 0.0714 e. The largest absolute Gasteiger partial charge is 0.309 e. The fourth-order valence-electron chi connectivity index (χ4n) is 11.7. The maximum atomic E-state index is 2.52. The van der Waals surface area contributed by atoms with Crippen LogP contribution < -0.4 is 4.90 Å². The van der Waals surface area contributed by atoms with Crippen LogP contribution in [0.2, 0.25) is 0 Å². The Labute approximate surface area is 434 Å². The van der Waals surface area contributed by atoms with Gasteiger partial charge in [-0.1, -0.05) is 267 Å². The first kappa shape index (κ1) is 44.4. The molecule has 0 atom stereocenters. The molecule has 13 rings (SSSR count). The van der Waals surface area contributed by atoms with Crippen molar-refractivity contribution in [2.24, 2.45) is 0 Å². The molecule has 0 saturated heterocycles. The number of hydrogen-bond acceptors (Lipinski definition) is 1. The maximum Gasteiger partial charge on any atom is 0.0714 e. The summed E-state index contributed by atoms with van der Waals surface area (Å²) in [7, 11) is 0. The molecule has 0 N–H and O–H groups in total. The average molecular weight is 942 g/mol. The molecule has 0 fully saturated rings. The third-order valence-electron chi connectivity index (χ3n) is 15.0. The quantitative estimate of drug-likeness (QED) is 0.125. The number of para-hydroxylation sites is 1. The fraction of sp³-hybridized carbons (Fsp3) is 0.0137. The molecule has 348 valence electrons. The zero-order valence-electron chi connectivity index (χ0n) is 40.9. The van der Waals surface area contributed by atoms with Gasteiger partial charge >= 0.3 is 0 Å². The topological polar surface area (TPSA) is 3.24 Å². The first-order valence-electron chi connectivity index (χ1n) is 25.6. The van der Waals surface area contributed by atoms with Gasteiger partial charge in [-0.15, -0.1) is 0 Å². The van der Waals surface area contributed by atoms with Gasteiger partial charge in [-0.2, -0.15) is 0 Å². The first-order chi connectivity index (χ1) is 36.7. The van der Waals surface area contributed by atoms with E-state index in [0.717, 1.165) is 33.8 Å². The molecule has 74 heavy (non-hydrogen) atoms. The van der Waals surface area contributed by atoms with Gasteiger partial charge in [0.1, 0.15) is 0 Å². The Morgan fingerprint density at radius 2 is 0.581 bits per heavy atom. The molecule has 1 nitrogen and oxygen atoms in total. The van der Waals surface area contributed by atoms with Crippen LogP contribution in [0.15, 0.2) is 309 Å². The highest BCUT2D eigenvalue weighted by atomic mass is 15.1. The number of hydrogen-bond donors (Lipinski definition) is 0. The second-order valence-corrected chi connectivity index (χ2v) is 19.1. The lowest BCUT2D eigenvalue weighted by molar-refractivity contribution is 0.768. The number of fused-ring (bicyclic) bond motifs is 3. The van der Waals surface area contributed by atoms with Gasteiger partial charge in [-0.05, 0) is 131 Å². The van der Waals surface area contributed by atoms with Gasteiger partial charge in [0, 0.05) is 16.8 Å². The van der Waals surface area contributed by atoms with E-state index >= 15 is 0 Å². The Kier molecular flexibility index (Phi) is 11.5. The van der Waals surface area contributed by atoms with Gasteiger partial charge in [0.25, 0.3) is 0 Å². The lowest BCUT2D eigenvalue weighted by atomic mass is 9.68. The van der Waals surface area contributed by atoms with Crippen molar-refractivity contribution in [2.45, 2.75) is 5.41 Å². The van der Waals surface area contributed by atoms with Crippen LogP contribution in [-0.2, 0) is 5.41 Å². The van der Waals surface area contributed by atoms with E-state index in [2.05, 4.69) is 314 Å². The van der Waals surface area contributed by atoms with E-state index in [4.69, 9.17) is 0 Å². The van der Waals surface area contributed by atoms with E-state index in [1.165, 1.54) is 83.5 Å². The van der Waals surface area contributed by atoms with Crippen molar-refractivity contribution in [3.63, 3.8) is 0 Å². The summed E-state index contributed by atoms with van der Waals surface area (Å²) < 4.78 is 0. The highest BCUT2D eigenvalue weighted by molar-refractivity contribution is 6.02. The molecule has 1 heteroatoms. The summed E-state index contributed by atoms with van der Waals surface area (Å²) in [4.78, 5) is 2.52. The Morgan fingerprint density at radius 3 is 1.12 bits per heavy atom. The molecule has 12 aromatic rings. The SMILES string of the molecule is c1ccc(-c2cc(-c3ccccc3)cc(-c3ccc(N(c4ccccc4-c4ccccc4-c4ccccc4-c4ccccc4)c4cccc5c4-c4ccccc4C5(c4ccccc4)c4ccccc4)cc3)c2)cc1. The van der Waals surface area contributed by atoms with Crippen LogP contribution in [0.5, 0.6) is 0 Å². The standard InChI is InChI=1S/C73H51N/c1-6-25-52(26-7-1)56-49-57(53-27-8-2-9-28-53)51-58(50-56)54-45-47-61(48-46-54)74(70-43-23-21-39-66(70)65-38-19-18-37-64(65)63-36-17-16-35-62(63)55-29-10-3-11-30-55)71-44-24-42-69-72(71)67-40-20-22-41-68(67)73(69,59-31-12-4-13-32-59)60-33-14-5-15-34-60/h1-51H. The van der Waals surface area contributed by atoms with Crippen LogP contribution in [0.25, 0.3) is 77.9 Å². The predicted molar refractivity (Wildman–Crippen MR) is 311 cm³/mol. The molecule has 0 radical (unpaired) electrons. The van der Waals surface area contributed by atoms with Crippen molar-refractivity contribution >= 4 is 17.1 Å². The average Bonchev–Trinajstić information content (AvgIpc) is 3.90. The molecule has 1 aliphatic rings. The van der Waals surface area contributed by atoms with Crippen LogP contribution in [0.4, 0.5) is 17.1 Å². The van der Waals surface area contributed by atoms with E-state index < -0.39 is 5.41 Å². The minimum Gasteiger partial charge on any atom is -0.309 e. The summed E-state index contributed by atoms with van der Waals surface area (Å²) in [5, 5.41) is 0. The van der Waals surface area contributed by atoms with E-state index in [1.807, 2.05) is 0 Å². The monoisotopic (exact) mass is 941 g/mol. The first-order valence-corrected chi connectivity index (χ1v) is 25.6. The van der Waals surface area contributed by atoms with E-state index in [1.54, 1.807) is 0 Å². The van der Waals surface area contributed by atoms with Crippen LogP contribution >= 0.6 is 0 Å². The number of benzene rings is 12. The van der Waals surface area contributed by atoms with Crippen molar-refractivity contribution in [3.05, 3.63) is 332 Å². The van der Waals surface area contributed by atoms with Crippen LogP contribution in [0, 0.1) is 0 Å². The minimum atomic E-state index is -0.562. The lowest BCUT2D eigenvalue weighted by Crippen LogP contribution is -2.28. The summed E-state index contributed by atoms with van der Waals surface area (Å²) in [6.07, 6.45) is 0. The number of rotatable bonds is 11. The zero-order valence-corrected chi connectivity index (χ0v) is 40.9. The molecule has 0 bridgehead atoms. The Bertz CT molecular complexity index is 3820. The van der Waals surface area contributed by atoms with Gasteiger partial charge in [-0.3, -0.25) is 0 Å². The molecule has 1 aliphatic carbocycles. The molecular weight excluding hydrogens is 891 g/mol. The van der Waals surface area contributed by atoms with Gasteiger partial charge in [0.2, 0.25) is 0 Å². The van der Waals surface area contributed by atoms with Crippen LogP contribution in [0.1, 0.15) is 22.3 Å². The second kappa shape index (κ2) is 19.2. The maximum absolute atomic E-state index is 2.52. The molecule has 0 amide bonds. The van der Waals surface area contributed by atoms with E-state index in [-0.39, 0.29) is 0 Å². The molecule has 0 aliphatic heterocycles. The highest BCUT2D eigenvalue weighted by Gasteiger charge is 2.47. The van der Waals surface area contributed by atoms with Crippen molar-refractivity contribution in [2.75, 3.05) is 4.90 Å². The van der Waals surface area contributed by atoms with Gasteiger partial charge in [0.05, 0.1) is 16.8 Å². The highest BCUT2D eigenvalue weighted by Crippen LogP contribution is 2.60. The van der Waals surface area contributed by atoms with Crippen molar-refractivity contribution < 1.29 is 0 Å². The van der Waals surface area contributed by atoms with Gasteiger partial charge in [0.15, 0.2) is 0 Å². The van der Waals surface area contributed by atoms with Gasteiger partial charge < -0.3 is 4.90 Å². The molecule has 0 unspecified atom stereocenters. The number of anilines is 3. The van der Waals surface area contributed by atoms with Crippen LogP contribution in [-0.4, -0.2) is 0 Å². The number of nitrogens with zero attached hydrogens (tertiary/aromatic N) is 1. The minimum absolute atomic E-state index is 0.562. The van der Waals surface area contributed by atoms with Crippen molar-refractivity contribution in [1.82, 2.24) is 0 Å². The summed E-state index contributed by atoms with van der Waals surface area (Å²) in [6, 6.07) is 113. The molecule has 0 spiro atoms. The van der Waals surface area contributed by atoms with E-state index in [0.29, 0.717) is 0 Å². The molecule has 12 aromatic carbocycles. The molecule has 0 saturated carbocycles. The Morgan fingerprint density at radius 1 is 0.216 bits per heavy atom. The molecular formula is C73H51N. The fourth-order valence-corrected chi connectivity index (χ4v) is 11.7. The second-order valence-electron chi connectivity index (χ2n) is 19.1. The third kappa shape index (κ3) is 7.75. The zero-order chi connectivity index (χ0) is 49.3. The summed E-state index contributed by atoms with van der Waals surface area (Å²) in [5.41, 5.74) is 24.3. The predicted octanol–water partition coefficient (Wildman–Crippen LogP) is 19.5. The van der Waals surface area contributed by atoms with Crippen molar-refractivity contribution in [1.29, 1.82) is 0 Å². The van der Waals surface area contributed by atoms with Crippen molar-refractivity contribution in [3.8, 4) is 77.9 Å². The molecule has 0 heterocycles. The third-order valence-corrected chi connectivity index (χ3v) is 15.0. The Balaban J connectivity index is 1.05. The normalized spacial score (nSPS) is 12.2. The van der Waals surface area contributed by atoms with Gasteiger partial charge in [-0.25, -0.2) is 0 Å². The molecule has 0 aromatic heterocycles. The lowest BCUT2D eigenvalue weighted by Gasteiger charge is -2.34. The van der Waals surface area contributed by atoms with E-state index in [9.17, 15) is 0 Å². The van der Waals surface area contributed by atoms with Crippen LogP contribution in [0.3, 0.4) is 0 Å². The summed E-state index contributed by atoms with van der Waals surface area (Å²) in [5.74, 6) is 0. The summed E-state index contributed by atoms with van der Waals surface area (Å²) in [6.45, 7) is 0. The summed E-state index contributed by atoms with van der Waals surface area (Å²) >= 11 is 0.